The molecule has 3 aromatic rings. The quantitative estimate of drug-likeness (QED) is 0.494. The van der Waals surface area contributed by atoms with Gasteiger partial charge in [-0.3, -0.25) is 4.79 Å². The van der Waals surface area contributed by atoms with Crippen LogP contribution in [0.4, 0.5) is 5.69 Å². The lowest BCUT2D eigenvalue weighted by Crippen LogP contribution is -2.41. The zero-order valence-corrected chi connectivity index (χ0v) is 20.5. The predicted molar refractivity (Wildman–Crippen MR) is 129 cm³/mol. The van der Waals surface area contributed by atoms with Gasteiger partial charge in [0, 0.05) is 30.8 Å². The first-order chi connectivity index (χ1) is 16.8. The predicted octanol–water partition coefficient (Wildman–Crippen LogP) is 3.80. The molecule has 1 saturated heterocycles. The third-order valence-corrected chi connectivity index (χ3v) is 7.91. The molecule has 1 aromatic carbocycles. The highest BCUT2D eigenvalue weighted by atomic mass is 32.2. The van der Waals surface area contributed by atoms with Crippen molar-refractivity contribution in [2.75, 3.05) is 32.6 Å². The number of aromatic nitrogens is 1. The van der Waals surface area contributed by atoms with E-state index in [0.29, 0.717) is 35.8 Å². The first-order valence-corrected chi connectivity index (χ1v) is 12.5. The Morgan fingerprint density at radius 2 is 1.89 bits per heavy atom. The lowest BCUT2D eigenvalue weighted by molar-refractivity contribution is -0.120. The zero-order valence-electron chi connectivity index (χ0n) is 19.7. The van der Waals surface area contributed by atoms with Crippen molar-refractivity contribution in [3.05, 3.63) is 53.8 Å². The summed E-state index contributed by atoms with van der Waals surface area (Å²) < 4.78 is 49.2. The van der Waals surface area contributed by atoms with Gasteiger partial charge in [-0.15, -0.1) is 0 Å². The number of nitrogens with one attached hydrogen (secondary N) is 1. The number of amides is 1. The van der Waals surface area contributed by atoms with E-state index in [9.17, 15) is 13.2 Å². The van der Waals surface area contributed by atoms with E-state index < -0.39 is 10.0 Å². The van der Waals surface area contributed by atoms with Crippen LogP contribution in [0.25, 0.3) is 12.2 Å². The highest BCUT2D eigenvalue weighted by molar-refractivity contribution is 7.89. The Balaban J connectivity index is 1.42. The molecule has 35 heavy (non-hydrogen) atoms. The molecule has 1 aliphatic heterocycles. The number of ether oxygens (including phenoxy) is 2. The summed E-state index contributed by atoms with van der Waals surface area (Å²) in [5.41, 5.74) is 0.855. The van der Waals surface area contributed by atoms with E-state index in [1.54, 1.807) is 43.3 Å². The molecule has 0 bridgehead atoms. The Hall–Kier alpha value is -3.57. The molecule has 0 aliphatic carbocycles. The van der Waals surface area contributed by atoms with Crippen LogP contribution >= 0.6 is 0 Å². The number of anilines is 1. The standard InChI is InChI=1S/C24H27N3O7S/c1-16-23(21(34-26-16)9-7-19-5-4-14-33-19)35(29,30)27-12-10-17(11-13-27)24(28)25-18-6-8-20(31-2)22(15-18)32-3/h4-9,14-15,17H,10-13H2,1-3H3,(H,25,28). The monoisotopic (exact) mass is 501 g/mol. The fourth-order valence-electron chi connectivity index (χ4n) is 3.99. The summed E-state index contributed by atoms with van der Waals surface area (Å²) in [6.45, 7) is 2.00. The normalized spacial score (nSPS) is 15.4. The molecule has 3 heterocycles. The van der Waals surface area contributed by atoms with Gasteiger partial charge in [0.1, 0.15) is 11.5 Å². The summed E-state index contributed by atoms with van der Waals surface area (Å²) in [4.78, 5) is 12.8. The Labute approximate surface area is 203 Å². The van der Waals surface area contributed by atoms with Crippen molar-refractivity contribution in [1.29, 1.82) is 0 Å². The van der Waals surface area contributed by atoms with Crippen LogP contribution in [0.2, 0.25) is 0 Å². The Morgan fingerprint density at radius 3 is 2.54 bits per heavy atom. The fraction of sp³-hybridized carbons (Fsp3) is 0.333. The molecule has 0 atom stereocenters. The molecule has 1 N–H and O–H groups in total. The summed E-state index contributed by atoms with van der Waals surface area (Å²) in [6, 6.07) is 8.59. The van der Waals surface area contributed by atoms with E-state index in [1.807, 2.05) is 0 Å². The highest BCUT2D eigenvalue weighted by Crippen LogP contribution is 2.32. The van der Waals surface area contributed by atoms with E-state index in [4.69, 9.17) is 18.4 Å². The molecule has 1 aliphatic rings. The van der Waals surface area contributed by atoms with Gasteiger partial charge in [0.05, 0.1) is 20.5 Å². The van der Waals surface area contributed by atoms with Crippen molar-refractivity contribution in [3.63, 3.8) is 0 Å². The molecule has 0 saturated carbocycles. The van der Waals surface area contributed by atoms with Crippen LogP contribution in [0.1, 0.15) is 30.1 Å². The number of sulfonamides is 1. The van der Waals surface area contributed by atoms with Gasteiger partial charge >= 0.3 is 0 Å². The number of hydrogen-bond acceptors (Lipinski definition) is 8. The van der Waals surface area contributed by atoms with Crippen molar-refractivity contribution in [3.8, 4) is 11.5 Å². The Morgan fingerprint density at radius 1 is 1.14 bits per heavy atom. The summed E-state index contributed by atoms with van der Waals surface area (Å²) in [5.74, 6) is 1.27. The maximum absolute atomic E-state index is 13.4. The third-order valence-electron chi connectivity index (χ3n) is 5.85. The molecular formula is C24H27N3O7S. The number of hydrogen-bond donors (Lipinski definition) is 1. The van der Waals surface area contributed by atoms with E-state index in [1.165, 1.54) is 30.9 Å². The lowest BCUT2D eigenvalue weighted by Gasteiger charge is -2.30. The minimum absolute atomic E-state index is 0.0218. The number of nitrogens with zero attached hydrogens (tertiary/aromatic N) is 2. The first-order valence-electron chi connectivity index (χ1n) is 11.0. The fourth-order valence-corrected chi connectivity index (χ4v) is 5.71. The van der Waals surface area contributed by atoms with E-state index in [2.05, 4.69) is 10.5 Å². The molecule has 0 spiro atoms. The molecule has 1 fully saturated rings. The van der Waals surface area contributed by atoms with Gasteiger partial charge in [0.15, 0.2) is 22.2 Å². The molecule has 0 radical (unpaired) electrons. The molecule has 2 aromatic heterocycles. The molecule has 4 rings (SSSR count). The summed E-state index contributed by atoms with van der Waals surface area (Å²) in [7, 11) is -0.801. The van der Waals surface area contributed by atoms with Crippen LogP contribution in [0.3, 0.4) is 0 Å². The number of benzene rings is 1. The number of rotatable bonds is 8. The zero-order chi connectivity index (χ0) is 25.0. The number of aryl methyl sites for hydroxylation is 1. The van der Waals surface area contributed by atoms with Gasteiger partial charge in [-0.05, 0) is 56.2 Å². The second-order valence-corrected chi connectivity index (χ2v) is 9.92. The summed E-state index contributed by atoms with van der Waals surface area (Å²) >= 11 is 0. The van der Waals surface area contributed by atoms with Gasteiger partial charge < -0.3 is 23.7 Å². The molecule has 11 heteroatoms. The second kappa shape index (κ2) is 10.4. The van der Waals surface area contributed by atoms with Crippen molar-refractivity contribution < 1.29 is 31.6 Å². The van der Waals surface area contributed by atoms with Gasteiger partial charge in [-0.2, -0.15) is 4.31 Å². The van der Waals surface area contributed by atoms with Crippen molar-refractivity contribution in [1.82, 2.24) is 9.46 Å². The van der Waals surface area contributed by atoms with Crippen molar-refractivity contribution in [2.24, 2.45) is 5.92 Å². The average Bonchev–Trinajstić information content (AvgIpc) is 3.52. The topological polar surface area (TPSA) is 124 Å². The third kappa shape index (κ3) is 5.25. The smallest absolute Gasteiger partial charge is 0.248 e. The number of carbonyl (C=O) groups is 1. The summed E-state index contributed by atoms with van der Waals surface area (Å²) in [5, 5.41) is 6.73. The van der Waals surface area contributed by atoms with E-state index >= 15 is 0 Å². The minimum atomic E-state index is -3.86. The van der Waals surface area contributed by atoms with Crippen molar-refractivity contribution >= 4 is 33.8 Å². The Kier molecular flexibility index (Phi) is 7.27. The molecular weight excluding hydrogens is 474 g/mol. The van der Waals surface area contributed by atoms with E-state index in [-0.39, 0.29) is 41.3 Å². The average molecular weight is 502 g/mol. The molecule has 10 nitrogen and oxygen atoms in total. The van der Waals surface area contributed by atoms with Gasteiger partial charge in [0.2, 0.25) is 15.9 Å². The SMILES string of the molecule is COc1ccc(NC(=O)C2CCN(S(=O)(=O)c3c(C)noc3C=Cc3ccco3)CC2)cc1OC. The van der Waals surface area contributed by atoms with E-state index in [0.717, 1.165) is 0 Å². The van der Waals surface area contributed by atoms with Gasteiger partial charge in [0.25, 0.3) is 0 Å². The van der Waals surface area contributed by atoms with Crippen molar-refractivity contribution in [2.45, 2.75) is 24.7 Å². The largest absolute Gasteiger partial charge is 0.493 e. The van der Waals surface area contributed by atoms with Crippen LogP contribution in [-0.2, 0) is 14.8 Å². The van der Waals surface area contributed by atoms with Crippen LogP contribution in [0.15, 0.2) is 50.4 Å². The van der Waals surface area contributed by atoms with Crippen LogP contribution < -0.4 is 14.8 Å². The molecule has 0 unspecified atom stereocenters. The van der Waals surface area contributed by atoms with Gasteiger partial charge in [-0.25, -0.2) is 8.42 Å². The molecule has 186 valence electrons. The van der Waals surface area contributed by atoms with Crippen LogP contribution in [-0.4, -0.2) is 51.1 Å². The maximum atomic E-state index is 13.4. The Bertz CT molecular complexity index is 1300. The second-order valence-electron chi connectivity index (χ2n) is 8.05. The van der Waals surface area contributed by atoms with Crippen LogP contribution in [0, 0.1) is 12.8 Å². The number of furan rings is 1. The first kappa shape index (κ1) is 24.6. The van der Waals surface area contributed by atoms with Gasteiger partial charge in [-0.1, -0.05) is 5.16 Å². The van der Waals surface area contributed by atoms with Crippen LogP contribution in [0.5, 0.6) is 11.5 Å². The summed E-state index contributed by atoms with van der Waals surface area (Å²) in [6.07, 6.45) is 5.44. The maximum Gasteiger partial charge on any atom is 0.248 e. The number of piperidine rings is 1. The number of methoxy groups -OCH3 is 2. The lowest BCUT2D eigenvalue weighted by atomic mass is 9.97. The number of carbonyl (C=O) groups excluding carboxylic acids is 1. The molecule has 1 amide bonds. The minimum Gasteiger partial charge on any atom is -0.493 e. The highest BCUT2D eigenvalue weighted by Gasteiger charge is 2.36.